The summed E-state index contributed by atoms with van der Waals surface area (Å²) in [6.45, 7) is 0. The molecule has 0 saturated heterocycles. The normalized spacial score (nSPS) is 23.9. The Hall–Kier alpha value is -2.54. The fourth-order valence-corrected chi connectivity index (χ4v) is 5.44. The second kappa shape index (κ2) is 6.76. The van der Waals surface area contributed by atoms with E-state index in [1.165, 1.54) is 21.3 Å². The second-order valence-electron chi connectivity index (χ2n) is 8.71. The maximum absolute atomic E-state index is 13.1. The zero-order valence-electron chi connectivity index (χ0n) is 16.4. The maximum atomic E-state index is 13.1. The van der Waals surface area contributed by atoms with Gasteiger partial charge in [0.2, 0.25) is 0 Å². The molecule has 7 nitrogen and oxygen atoms in total. The third kappa shape index (κ3) is 2.67. The third-order valence-corrected chi connectivity index (χ3v) is 7.01. The standard InChI is InChI=1S/C22H25N3O4/c23-17-8-4-5-9-18(17)25-21(28)15-10-13-14(11-16(15)22(25)29)20(27)24(19(13)26)12-6-2-1-3-7-12/h10-12,17-18H,1-9,23H2/t17-,18-/m1/s1. The van der Waals surface area contributed by atoms with Crippen molar-refractivity contribution >= 4 is 21.5 Å². The van der Waals surface area contributed by atoms with Gasteiger partial charge in [0.15, 0.2) is 0 Å². The van der Waals surface area contributed by atoms with Crippen molar-refractivity contribution in [3.8, 4) is 0 Å². The molecule has 152 valence electrons. The van der Waals surface area contributed by atoms with Crippen molar-refractivity contribution in [1.29, 1.82) is 0 Å². The smallest absolute Gasteiger partial charge is 0.261 e. The minimum Gasteiger partial charge on any atom is -0.326 e. The molecule has 2 N–H and O–H groups in total. The molecule has 2 atom stereocenters. The van der Waals surface area contributed by atoms with Gasteiger partial charge in [-0.2, -0.15) is 0 Å². The van der Waals surface area contributed by atoms with Gasteiger partial charge < -0.3 is 5.73 Å². The monoisotopic (exact) mass is 395 g/mol. The summed E-state index contributed by atoms with van der Waals surface area (Å²) in [7, 11) is 0. The van der Waals surface area contributed by atoms with Crippen LogP contribution in [0.4, 0.5) is 0 Å². The van der Waals surface area contributed by atoms with Crippen LogP contribution < -0.4 is 28.0 Å². The first-order chi connectivity index (χ1) is 14.0. The molecule has 0 spiro atoms. The lowest BCUT2D eigenvalue weighted by molar-refractivity contribution is 0.298. The lowest BCUT2D eigenvalue weighted by Gasteiger charge is -2.28. The fraction of sp³-hybridized carbons (Fsp3) is 0.545. The summed E-state index contributed by atoms with van der Waals surface area (Å²) >= 11 is 0. The Morgan fingerprint density at radius 2 is 1.07 bits per heavy atom. The van der Waals surface area contributed by atoms with Crippen LogP contribution in [-0.4, -0.2) is 15.2 Å². The van der Waals surface area contributed by atoms with Gasteiger partial charge in [-0.15, -0.1) is 0 Å². The molecule has 0 radical (unpaired) electrons. The summed E-state index contributed by atoms with van der Waals surface area (Å²) in [5, 5.41) is 0.932. The number of nitrogens with two attached hydrogens (primary N) is 1. The Labute approximate surface area is 166 Å². The molecule has 1 aromatic carbocycles. The van der Waals surface area contributed by atoms with Gasteiger partial charge in [0, 0.05) is 12.1 Å². The summed E-state index contributed by atoms with van der Waals surface area (Å²) in [6.07, 6.45) is 8.15. The van der Waals surface area contributed by atoms with Crippen LogP contribution in [0.5, 0.6) is 0 Å². The number of benzene rings is 1. The molecule has 0 unspecified atom stereocenters. The highest BCUT2D eigenvalue weighted by Gasteiger charge is 2.29. The van der Waals surface area contributed by atoms with Crippen molar-refractivity contribution in [3.05, 3.63) is 53.5 Å². The number of aromatic nitrogens is 2. The van der Waals surface area contributed by atoms with Crippen molar-refractivity contribution in [2.45, 2.75) is 75.9 Å². The topological polar surface area (TPSA) is 104 Å². The van der Waals surface area contributed by atoms with Gasteiger partial charge in [-0.1, -0.05) is 32.1 Å². The Bertz CT molecular complexity index is 1220. The Kier molecular flexibility index (Phi) is 4.31. The predicted molar refractivity (Wildman–Crippen MR) is 112 cm³/mol. The molecule has 2 aliphatic rings. The van der Waals surface area contributed by atoms with E-state index in [2.05, 4.69) is 0 Å². The SMILES string of the molecule is N[C@@H]1CCCC[C@H]1n1c(=O)c2cc3c(=O)n(C4CCCCC4)c(=O)c3cc2c1=O. The lowest BCUT2D eigenvalue weighted by Crippen LogP contribution is -2.42. The maximum Gasteiger partial charge on any atom is 0.261 e. The molecule has 2 aliphatic carbocycles. The van der Waals surface area contributed by atoms with E-state index in [0.717, 1.165) is 51.4 Å². The molecular formula is C22H25N3O4. The second-order valence-corrected chi connectivity index (χ2v) is 8.71. The molecule has 0 bridgehead atoms. The highest BCUT2D eigenvalue weighted by molar-refractivity contribution is 5.97. The Morgan fingerprint density at radius 1 is 0.621 bits per heavy atom. The first-order valence-electron chi connectivity index (χ1n) is 10.7. The lowest BCUT2D eigenvalue weighted by atomic mass is 9.91. The minimum absolute atomic E-state index is 0.0888. The van der Waals surface area contributed by atoms with E-state index < -0.39 is 11.1 Å². The highest BCUT2D eigenvalue weighted by Crippen LogP contribution is 2.28. The van der Waals surface area contributed by atoms with E-state index in [1.807, 2.05) is 0 Å². The summed E-state index contributed by atoms with van der Waals surface area (Å²) in [6, 6.07) is 2.28. The molecule has 29 heavy (non-hydrogen) atoms. The zero-order chi connectivity index (χ0) is 20.3. The molecule has 2 heterocycles. The molecular weight excluding hydrogens is 370 g/mol. The minimum atomic E-state index is -0.397. The highest BCUT2D eigenvalue weighted by atomic mass is 16.2. The van der Waals surface area contributed by atoms with Crippen LogP contribution in [0.2, 0.25) is 0 Å². The van der Waals surface area contributed by atoms with Gasteiger partial charge in [0.1, 0.15) is 0 Å². The quantitative estimate of drug-likeness (QED) is 0.713. The molecule has 0 amide bonds. The average molecular weight is 395 g/mol. The van der Waals surface area contributed by atoms with E-state index in [1.54, 1.807) is 0 Å². The Balaban J connectivity index is 1.73. The average Bonchev–Trinajstić information content (AvgIpc) is 3.12. The molecule has 0 aliphatic heterocycles. The molecule has 2 aromatic heterocycles. The van der Waals surface area contributed by atoms with Crippen LogP contribution in [0.25, 0.3) is 21.5 Å². The van der Waals surface area contributed by atoms with Crippen LogP contribution in [0, 0.1) is 0 Å². The van der Waals surface area contributed by atoms with Crippen LogP contribution >= 0.6 is 0 Å². The number of rotatable bonds is 2. The van der Waals surface area contributed by atoms with Gasteiger partial charge >= 0.3 is 0 Å². The summed E-state index contributed by atoms with van der Waals surface area (Å²) in [5.41, 5.74) is 4.73. The largest absolute Gasteiger partial charge is 0.326 e. The molecule has 3 aromatic rings. The Morgan fingerprint density at radius 3 is 1.59 bits per heavy atom. The number of nitrogens with zero attached hydrogens (tertiary/aromatic N) is 2. The van der Waals surface area contributed by atoms with Crippen LogP contribution in [-0.2, 0) is 0 Å². The predicted octanol–water partition coefficient (Wildman–Crippen LogP) is 1.86. The van der Waals surface area contributed by atoms with Crippen LogP contribution in [0.15, 0.2) is 31.3 Å². The number of hydrogen-bond acceptors (Lipinski definition) is 5. The molecule has 7 heteroatoms. The molecule has 5 rings (SSSR count). The summed E-state index contributed by atoms with van der Waals surface area (Å²) in [5.74, 6) is 0. The van der Waals surface area contributed by atoms with Gasteiger partial charge in [-0.3, -0.25) is 28.3 Å². The number of hydrogen-bond donors (Lipinski definition) is 1. The van der Waals surface area contributed by atoms with Crippen molar-refractivity contribution in [2.24, 2.45) is 5.73 Å². The van der Waals surface area contributed by atoms with Gasteiger partial charge in [-0.25, -0.2) is 0 Å². The van der Waals surface area contributed by atoms with E-state index in [9.17, 15) is 19.2 Å². The van der Waals surface area contributed by atoms with Crippen molar-refractivity contribution in [3.63, 3.8) is 0 Å². The first-order valence-corrected chi connectivity index (χ1v) is 10.7. The first kappa shape index (κ1) is 18.5. The molecule has 2 saturated carbocycles. The van der Waals surface area contributed by atoms with Crippen molar-refractivity contribution in [1.82, 2.24) is 9.13 Å². The number of fused-ring (bicyclic) bond motifs is 2. The van der Waals surface area contributed by atoms with Gasteiger partial charge in [-0.05, 0) is 37.8 Å². The van der Waals surface area contributed by atoms with Crippen molar-refractivity contribution in [2.75, 3.05) is 0 Å². The van der Waals surface area contributed by atoms with Gasteiger partial charge in [0.25, 0.3) is 22.2 Å². The van der Waals surface area contributed by atoms with E-state index in [-0.39, 0.29) is 50.8 Å². The van der Waals surface area contributed by atoms with E-state index in [0.29, 0.717) is 6.42 Å². The summed E-state index contributed by atoms with van der Waals surface area (Å²) in [4.78, 5) is 52.1. The van der Waals surface area contributed by atoms with E-state index in [4.69, 9.17) is 5.73 Å². The van der Waals surface area contributed by atoms with Gasteiger partial charge in [0.05, 0.1) is 27.6 Å². The fourth-order valence-electron chi connectivity index (χ4n) is 5.44. The van der Waals surface area contributed by atoms with Crippen molar-refractivity contribution < 1.29 is 0 Å². The molecule has 2 fully saturated rings. The van der Waals surface area contributed by atoms with E-state index >= 15 is 0 Å². The van der Waals surface area contributed by atoms with Crippen LogP contribution in [0.1, 0.15) is 69.9 Å². The van der Waals surface area contributed by atoms with Crippen LogP contribution in [0.3, 0.4) is 0 Å². The third-order valence-electron chi connectivity index (χ3n) is 7.01. The summed E-state index contributed by atoms with van der Waals surface area (Å²) < 4.78 is 2.61. The zero-order valence-corrected chi connectivity index (χ0v) is 16.4.